The zero-order valence-electron chi connectivity index (χ0n) is 7.49. The van der Waals surface area contributed by atoms with Crippen LogP contribution in [0.3, 0.4) is 0 Å². The lowest BCUT2D eigenvalue weighted by molar-refractivity contribution is 0.898. The Morgan fingerprint density at radius 2 is 1.85 bits per heavy atom. The molecule has 0 spiro atoms. The summed E-state index contributed by atoms with van der Waals surface area (Å²) in [6.45, 7) is 2.39. The maximum atomic E-state index is 5.56. The van der Waals surface area contributed by atoms with E-state index in [0.717, 1.165) is 22.2 Å². The molecular formula is C10H11N3. The van der Waals surface area contributed by atoms with Crippen LogP contribution in [0.15, 0.2) is 24.3 Å². The Bertz CT molecular complexity index is 437. The summed E-state index contributed by atoms with van der Waals surface area (Å²) in [6.07, 6.45) is 0. The summed E-state index contributed by atoms with van der Waals surface area (Å²) in [7, 11) is 0. The molecule has 0 radical (unpaired) electrons. The molecule has 1 heterocycles. The van der Waals surface area contributed by atoms with E-state index in [1.165, 1.54) is 0 Å². The van der Waals surface area contributed by atoms with E-state index in [-0.39, 0.29) is 0 Å². The number of nitrogens with two attached hydrogens (primary N) is 1. The summed E-state index contributed by atoms with van der Waals surface area (Å²) in [5, 5.41) is 10.3. The quantitative estimate of drug-likeness (QED) is 0.709. The molecule has 0 amide bonds. The van der Waals surface area contributed by atoms with Gasteiger partial charge in [0.15, 0.2) is 0 Å². The van der Waals surface area contributed by atoms with Crippen LogP contribution in [0, 0.1) is 6.92 Å². The summed E-state index contributed by atoms with van der Waals surface area (Å²) in [4.78, 5) is 0. The van der Waals surface area contributed by atoms with Gasteiger partial charge in [-0.2, -0.15) is 10.2 Å². The average Bonchev–Trinajstić information content (AvgIpc) is 2.19. The molecule has 0 bridgehead atoms. The van der Waals surface area contributed by atoms with E-state index in [4.69, 9.17) is 5.73 Å². The topological polar surface area (TPSA) is 51.8 Å². The summed E-state index contributed by atoms with van der Waals surface area (Å²) < 4.78 is 0. The Balaban J connectivity index is 2.84. The Hall–Kier alpha value is -1.48. The summed E-state index contributed by atoms with van der Waals surface area (Å²) in [5.41, 5.74) is 7.38. The molecule has 0 saturated carbocycles. The molecule has 0 saturated heterocycles. The number of rotatable bonds is 1. The fourth-order valence-electron chi connectivity index (χ4n) is 1.44. The van der Waals surface area contributed by atoms with Crippen LogP contribution in [-0.2, 0) is 6.54 Å². The first-order chi connectivity index (χ1) is 6.33. The van der Waals surface area contributed by atoms with E-state index in [1.807, 2.05) is 31.2 Å². The number of fused-ring (bicyclic) bond motifs is 1. The van der Waals surface area contributed by atoms with Crippen molar-refractivity contribution in [3.05, 3.63) is 35.7 Å². The third kappa shape index (κ3) is 1.27. The predicted octanol–water partition coefficient (Wildman–Crippen LogP) is 1.40. The Morgan fingerprint density at radius 1 is 1.15 bits per heavy atom. The lowest BCUT2D eigenvalue weighted by atomic mass is 10.1. The van der Waals surface area contributed by atoms with Gasteiger partial charge in [0.05, 0.1) is 11.4 Å². The molecule has 2 aromatic rings. The van der Waals surface area contributed by atoms with Crippen molar-refractivity contribution < 1.29 is 0 Å². The first-order valence-corrected chi connectivity index (χ1v) is 4.24. The summed E-state index contributed by atoms with van der Waals surface area (Å²) >= 11 is 0. The number of aryl methyl sites for hydroxylation is 1. The van der Waals surface area contributed by atoms with Crippen LogP contribution >= 0.6 is 0 Å². The summed E-state index contributed by atoms with van der Waals surface area (Å²) in [5.74, 6) is 0. The van der Waals surface area contributed by atoms with E-state index in [9.17, 15) is 0 Å². The van der Waals surface area contributed by atoms with Crippen molar-refractivity contribution in [1.82, 2.24) is 10.2 Å². The van der Waals surface area contributed by atoms with Gasteiger partial charge in [0.1, 0.15) is 0 Å². The zero-order chi connectivity index (χ0) is 9.26. The van der Waals surface area contributed by atoms with Gasteiger partial charge < -0.3 is 5.73 Å². The maximum absolute atomic E-state index is 5.56. The second-order valence-corrected chi connectivity index (χ2v) is 2.98. The first-order valence-electron chi connectivity index (χ1n) is 4.24. The number of hydrogen-bond acceptors (Lipinski definition) is 3. The molecule has 66 valence electrons. The van der Waals surface area contributed by atoms with E-state index < -0.39 is 0 Å². The van der Waals surface area contributed by atoms with Crippen LogP contribution in [0.1, 0.15) is 11.4 Å². The minimum atomic E-state index is 0.438. The highest BCUT2D eigenvalue weighted by molar-refractivity contribution is 5.85. The predicted molar refractivity (Wildman–Crippen MR) is 52.2 cm³/mol. The Labute approximate surface area is 76.6 Å². The standard InChI is InChI=1S/C10H11N3/c1-7-8-4-2-3-5-9(8)10(6-11)13-12-7/h2-5H,6,11H2,1H3. The second-order valence-electron chi connectivity index (χ2n) is 2.98. The van der Waals surface area contributed by atoms with E-state index >= 15 is 0 Å². The highest BCUT2D eigenvalue weighted by Crippen LogP contribution is 2.17. The fourth-order valence-corrected chi connectivity index (χ4v) is 1.44. The first kappa shape index (κ1) is 8.13. The van der Waals surface area contributed by atoms with Crippen molar-refractivity contribution >= 4 is 10.8 Å². The Kier molecular flexibility index (Phi) is 1.94. The molecule has 0 atom stereocenters. The molecule has 0 unspecified atom stereocenters. The molecule has 2 rings (SSSR count). The third-order valence-corrected chi connectivity index (χ3v) is 2.14. The molecule has 0 fully saturated rings. The maximum Gasteiger partial charge on any atom is 0.0845 e. The van der Waals surface area contributed by atoms with Crippen LogP contribution in [0.4, 0.5) is 0 Å². The smallest absolute Gasteiger partial charge is 0.0845 e. The van der Waals surface area contributed by atoms with Gasteiger partial charge in [0, 0.05) is 17.3 Å². The molecule has 2 N–H and O–H groups in total. The minimum absolute atomic E-state index is 0.438. The molecule has 0 aliphatic heterocycles. The van der Waals surface area contributed by atoms with Crippen molar-refractivity contribution in [1.29, 1.82) is 0 Å². The molecule has 0 aliphatic carbocycles. The van der Waals surface area contributed by atoms with Crippen molar-refractivity contribution in [2.24, 2.45) is 5.73 Å². The fraction of sp³-hybridized carbons (Fsp3) is 0.200. The number of nitrogens with zero attached hydrogens (tertiary/aromatic N) is 2. The lowest BCUT2D eigenvalue weighted by Crippen LogP contribution is -2.03. The van der Waals surface area contributed by atoms with Crippen molar-refractivity contribution in [2.45, 2.75) is 13.5 Å². The van der Waals surface area contributed by atoms with Crippen LogP contribution in [0.2, 0.25) is 0 Å². The Morgan fingerprint density at radius 3 is 2.54 bits per heavy atom. The SMILES string of the molecule is Cc1nnc(CN)c2ccccc12. The third-order valence-electron chi connectivity index (χ3n) is 2.14. The summed E-state index contributed by atoms with van der Waals surface area (Å²) in [6, 6.07) is 8.05. The van der Waals surface area contributed by atoms with Gasteiger partial charge in [-0.3, -0.25) is 0 Å². The molecule has 1 aromatic heterocycles. The van der Waals surface area contributed by atoms with Crippen LogP contribution in [0.25, 0.3) is 10.8 Å². The van der Waals surface area contributed by atoms with Crippen LogP contribution in [0.5, 0.6) is 0 Å². The van der Waals surface area contributed by atoms with Gasteiger partial charge in [0.25, 0.3) is 0 Å². The van der Waals surface area contributed by atoms with E-state index in [2.05, 4.69) is 10.2 Å². The van der Waals surface area contributed by atoms with Gasteiger partial charge in [-0.05, 0) is 6.92 Å². The highest BCUT2D eigenvalue weighted by Gasteiger charge is 2.03. The van der Waals surface area contributed by atoms with E-state index in [0.29, 0.717) is 6.54 Å². The van der Waals surface area contributed by atoms with Gasteiger partial charge in [-0.15, -0.1) is 0 Å². The molecule has 3 heteroatoms. The number of hydrogen-bond donors (Lipinski definition) is 1. The molecule has 1 aromatic carbocycles. The van der Waals surface area contributed by atoms with Crippen molar-refractivity contribution in [3.63, 3.8) is 0 Å². The zero-order valence-corrected chi connectivity index (χ0v) is 7.49. The normalized spacial score (nSPS) is 10.6. The van der Waals surface area contributed by atoms with Gasteiger partial charge in [0.2, 0.25) is 0 Å². The largest absolute Gasteiger partial charge is 0.325 e. The highest BCUT2D eigenvalue weighted by atomic mass is 15.1. The van der Waals surface area contributed by atoms with Crippen molar-refractivity contribution in [3.8, 4) is 0 Å². The monoisotopic (exact) mass is 173 g/mol. The van der Waals surface area contributed by atoms with Gasteiger partial charge >= 0.3 is 0 Å². The van der Waals surface area contributed by atoms with Crippen LogP contribution in [-0.4, -0.2) is 10.2 Å². The van der Waals surface area contributed by atoms with Crippen molar-refractivity contribution in [2.75, 3.05) is 0 Å². The number of benzene rings is 1. The second kappa shape index (κ2) is 3.11. The number of aromatic nitrogens is 2. The van der Waals surface area contributed by atoms with Crippen LogP contribution < -0.4 is 5.73 Å². The molecule has 13 heavy (non-hydrogen) atoms. The average molecular weight is 173 g/mol. The molecule has 3 nitrogen and oxygen atoms in total. The van der Waals surface area contributed by atoms with E-state index in [1.54, 1.807) is 0 Å². The minimum Gasteiger partial charge on any atom is -0.325 e. The molecule has 0 aliphatic rings. The molecular weight excluding hydrogens is 162 g/mol. The van der Waals surface area contributed by atoms with Gasteiger partial charge in [-0.25, -0.2) is 0 Å². The van der Waals surface area contributed by atoms with Gasteiger partial charge in [-0.1, -0.05) is 24.3 Å². The lowest BCUT2D eigenvalue weighted by Gasteiger charge is -2.03.